The van der Waals surface area contributed by atoms with Gasteiger partial charge in [0.05, 0.1) is 13.2 Å². The second-order valence-corrected chi connectivity index (χ2v) is 6.38. The molecule has 1 saturated carbocycles. The van der Waals surface area contributed by atoms with Gasteiger partial charge in [-0.1, -0.05) is 49.4 Å². The van der Waals surface area contributed by atoms with Crippen molar-refractivity contribution in [3.05, 3.63) is 60.2 Å². The van der Waals surface area contributed by atoms with Crippen LogP contribution in [0.4, 0.5) is 0 Å². The summed E-state index contributed by atoms with van der Waals surface area (Å²) in [7, 11) is 0. The molecule has 1 nitrogen and oxygen atoms in total. The number of ether oxygens (including phenoxy) is 1. The molecule has 0 N–H and O–H groups in total. The lowest BCUT2D eigenvalue weighted by Crippen LogP contribution is -2.12. The lowest BCUT2D eigenvalue weighted by molar-refractivity contribution is 0.148. The molecule has 2 rings (SSSR count). The molecule has 22 heavy (non-hydrogen) atoms. The first-order valence-electron chi connectivity index (χ1n) is 8.76. The Hall–Kier alpha value is -1.34. The highest BCUT2D eigenvalue weighted by Gasteiger charge is 2.21. The normalized spacial score (nSPS) is 22.0. The summed E-state index contributed by atoms with van der Waals surface area (Å²) in [6.07, 6.45) is 13.9. The summed E-state index contributed by atoms with van der Waals surface area (Å²) in [5, 5.41) is 0. The van der Waals surface area contributed by atoms with Crippen molar-refractivity contribution in [1.29, 1.82) is 0 Å². The van der Waals surface area contributed by atoms with E-state index in [-0.39, 0.29) is 0 Å². The minimum atomic E-state index is 0.709. The number of benzene rings is 1. The fraction of sp³-hybridized carbons (Fsp3) is 0.524. The minimum Gasteiger partial charge on any atom is -0.373 e. The molecule has 0 amide bonds. The lowest BCUT2D eigenvalue weighted by atomic mass is 9.77. The first kappa shape index (κ1) is 17.0. The fourth-order valence-electron chi connectivity index (χ4n) is 3.33. The van der Waals surface area contributed by atoms with E-state index in [4.69, 9.17) is 4.74 Å². The molecular weight excluding hydrogens is 268 g/mol. The van der Waals surface area contributed by atoms with Gasteiger partial charge in [-0.25, -0.2) is 0 Å². The van der Waals surface area contributed by atoms with Crippen molar-refractivity contribution in [3.8, 4) is 0 Å². The van der Waals surface area contributed by atoms with Gasteiger partial charge in [-0.2, -0.15) is 0 Å². The van der Waals surface area contributed by atoms with E-state index < -0.39 is 0 Å². The Bertz CT molecular complexity index is 449. The minimum absolute atomic E-state index is 0.709. The molecule has 1 aromatic rings. The van der Waals surface area contributed by atoms with Gasteiger partial charge in [0.15, 0.2) is 0 Å². The lowest BCUT2D eigenvalue weighted by Gasteiger charge is -2.28. The summed E-state index contributed by atoms with van der Waals surface area (Å²) in [6, 6.07) is 9.07. The number of rotatable bonds is 8. The van der Waals surface area contributed by atoms with Crippen LogP contribution in [0.2, 0.25) is 0 Å². The van der Waals surface area contributed by atoms with Crippen LogP contribution in [0.15, 0.2) is 49.1 Å². The highest BCUT2D eigenvalue weighted by atomic mass is 16.5. The van der Waals surface area contributed by atoms with E-state index in [1.807, 2.05) is 0 Å². The largest absolute Gasteiger partial charge is 0.373 e. The third-order valence-electron chi connectivity index (χ3n) is 4.68. The van der Waals surface area contributed by atoms with Crippen molar-refractivity contribution in [3.63, 3.8) is 0 Å². The van der Waals surface area contributed by atoms with E-state index in [2.05, 4.69) is 56.0 Å². The molecule has 1 aliphatic carbocycles. The van der Waals surface area contributed by atoms with Crippen LogP contribution in [0.5, 0.6) is 0 Å². The van der Waals surface area contributed by atoms with Crippen molar-refractivity contribution >= 4 is 0 Å². The zero-order chi connectivity index (χ0) is 15.6. The third kappa shape index (κ3) is 5.46. The molecule has 0 atom stereocenters. The third-order valence-corrected chi connectivity index (χ3v) is 4.68. The molecule has 1 aromatic carbocycles. The van der Waals surface area contributed by atoms with Crippen LogP contribution in [-0.4, -0.2) is 6.61 Å². The molecule has 1 fully saturated rings. The molecule has 0 radical (unpaired) electrons. The van der Waals surface area contributed by atoms with Gasteiger partial charge in [-0.15, -0.1) is 6.58 Å². The maximum absolute atomic E-state index is 5.65. The zero-order valence-corrected chi connectivity index (χ0v) is 14.0. The zero-order valence-electron chi connectivity index (χ0n) is 14.0. The first-order valence-corrected chi connectivity index (χ1v) is 8.76. The standard InChI is InChI=1S/C21H30O/c1-3-5-6-16-22-17-19-10-14-21(15-11-19)20-12-8-18(7-4-2)9-13-20/h4-6,10-11,14-15,18,20H,2-3,7-9,12-13,16-17H2,1H3/t18-,20-. The number of allylic oxidation sites excluding steroid dienone is 2. The summed E-state index contributed by atoms with van der Waals surface area (Å²) >= 11 is 0. The Morgan fingerprint density at radius 2 is 1.82 bits per heavy atom. The van der Waals surface area contributed by atoms with Crippen LogP contribution in [0.1, 0.15) is 62.5 Å². The maximum Gasteiger partial charge on any atom is 0.0721 e. The summed E-state index contributed by atoms with van der Waals surface area (Å²) in [5.41, 5.74) is 2.78. The number of hydrogen-bond acceptors (Lipinski definition) is 1. The predicted molar refractivity (Wildman–Crippen MR) is 95.0 cm³/mol. The van der Waals surface area contributed by atoms with Crippen LogP contribution in [-0.2, 0) is 11.3 Å². The van der Waals surface area contributed by atoms with Gasteiger partial charge in [0.25, 0.3) is 0 Å². The van der Waals surface area contributed by atoms with Crippen LogP contribution < -0.4 is 0 Å². The van der Waals surface area contributed by atoms with E-state index >= 15 is 0 Å². The van der Waals surface area contributed by atoms with Gasteiger partial charge in [-0.3, -0.25) is 0 Å². The van der Waals surface area contributed by atoms with Gasteiger partial charge in [0.1, 0.15) is 0 Å². The molecule has 1 heteroatoms. The van der Waals surface area contributed by atoms with E-state index in [1.165, 1.54) is 43.2 Å². The first-order chi connectivity index (χ1) is 10.8. The molecule has 0 spiro atoms. The van der Waals surface area contributed by atoms with Crippen molar-refractivity contribution < 1.29 is 4.74 Å². The Morgan fingerprint density at radius 3 is 2.45 bits per heavy atom. The van der Waals surface area contributed by atoms with Gasteiger partial charge in [0, 0.05) is 0 Å². The summed E-state index contributed by atoms with van der Waals surface area (Å²) in [6.45, 7) is 7.43. The molecule has 120 valence electrons. The van der Waals surface area contributed by atoms with Gasteiger partial charge in [0.2, 0.25) is 0 Å². The van der Waals surface area contributed by atoms with Crippen LogP contribution in [0, 0.1) is 5.92 Å². The Kier molecular flexibility index (Phi) is 7.45. The Labute approximate surface area is 136 Å². The molecule has 0 bridgehead atoms. The smallest absolute Gasteiger partial charge is 0.0721 e. The summed E-state index contributed by atoms with van der Waals surface area (Å²) in [4.78, 5) is 0. The van der Waals surface area contributed by atoms with Crippen molar-refractivity contribution in [2.45, 2.75) is 58.0 Å². The van der Waals surface area contributed by atoms with Gasteiger partial charge < -0.3 is 4.74 Å². The Balaban J connectivity index is 1.77. The quantitative estimate of drug-likeness (QED) is 0.421. The number of hydrogen-bond donors (Lipinski definition) is 0. The summed E-state index contributed by atoms with van der Waals surface area (Å²) in [5.74, 6) is 1.63. The topological polar surface area (TPSA) is 9.23 Å². The van der Waals surface area contributed by atoms with Crippen molar-refractivity contribution in [2.24, 2.45) is 5.92 Å². The molecule has 0 aliphatic heterocycles. The highest BCUT2D eigenvalue weighted by Crippen LogP contribution is 2.37. The second-order valence-electron chi connectivity index (χ2n) is 6.38. The van der Waals surface area contributed by atoms with Crippen molar-refractivity contribution in [1.82, 2.24) is 0 Å². The molecule has 1 aliphatic rings. The average Bonchev–Trinajstić information content (AvgIpc) is 2.56. The van der Waals surface area contributed by atoms with Crippen molar-refractivity contribution in [2.75, 3.05) is 6.61 Å². The van der Waals surface area contributed by atoms with E-state index in [0.29, 0.717) is 13.2 Å². The van der Waals surface area contributed by atoms with Gasteiger partial charge in [-0.05, 0) is 61.5 Å². The maximum atomic E-state index is 5.65. The Morgan fingerprint density at radius 1 is 1.09 bits per heavy atom. The van der Waals surface area contributed by atoms with E-state index in [0.717, 1.165) is 18.3 Å². The van der Waals surface area contributed by atoms with Crippen LogP contribution >= 0.6 is 0 Å². The van der Waals surface area contributed by atoms with E-state index in [1.54, 1.807) is 0 Å². The van der Waals surface area contributed by atoms with Crippen LogP contribution in [0.3, 0.4) is 0 Å². The fourth-order valence-corrected chi connectivity index (χ4v) is 3.33. The predicted octanol–water partition coefficient (Wildman–Crippen LogP) is 6.02. The monoisotopic (exact) mass is 298 g/mol. The second kappa shape index (κ2) is 9.63. The molecule has 0 saturated heterocycles. The van der Waals surface area contributed by atoms with E-state index in [9.17, 15) is 0 Å². The van der Waals surface area contributed by atoms with Crippen LogP contribution in [0.25, 0.3) is 0 Å². The molecule has 0 unspecified atom stereocenters. The highest BCUT2D eigenvalue weighted by molar-refractivity contribution is 5.25. The SMILES string of the molecule is C=CC[C@H]1CC[C@H](c2ccc(COCC=CCC)cc2)CC1. The molecular formula is C21H30O. The average molecular weight is 298 g/mol. The van der Waals surface area contributed by atoms with Gasteiger partial charge >= 0.3 is 0 Å². The molecule has 0 heterocycles. The summed E-state index contributed by atoms with van der Waals surface area (Å²) < 4.78 is 5.65. The molecule has 0 aromatic heterocycles.